The van der Waals surface area contributed by atoms with Crippen molar-refractivity contribution in [3.63, 3.8) is 0 Å². The summed E-state index contributed by atoms with van der Waals surface area (Å²) in [5.41, 5.74) is 1.82. The average Bonchev–Trinajstić information content (AvgIpc) is 3.34. The van der Waals surface area contributed by atoms with Gasteiger partial charge in [0.15, 0.2) is 11.6 Å². The number of anilines is 2. The standard InChI is InChI=1S/C25H23ClN2O7S3/c1-2-16(12-24-27(14-37(29,30)31)20-13-18(26)8-10-22(20)36-24)11-23-28(15-38(32,33)34)25-19-6-4-3-5-17(19)7-9-21(25)35-23/h3-13,24H,2,14-15H2,1H3,(H,29,30,31)(H,32,33,34)/b16-12+,23-11-. The van der Waals surface area contributed by atoms with Gasteiger partial charge in [0.1, 0.15) is 5.88 Å². The first-order valence-corrected chi connectivity index (χ1v) is 15.9. The van der Waals surface area contributed by atoms with Crippen molar-refractivity contribution in [2.45, 2.75) is 23.6 Å². The summed E-state index contributed by atoms with van der Waals surface area (Å²) in [4.78, 5) is 3.73. The molecule has 0 aliphatic carbocycles. The molecule has 1 unspecified atom stereocenters. The van der Waals surface area contributed by atoms with Crippen LogP contribution in [0.3, 0.4) is 0 Å². The monoisotopic (exact) mass is 594 g/mol. The molecular formula is C25H23ClN2O7S3. The first-order valence-electron chi connectivity index (χ1n) is 11.4. The molecule has 0 amide bonds. The van der Waals surface area contributed by atoms with Gasteiger partial charge in [-0.3, -0.25) is 14.0 Å². The van der Waals surface area contributed by atoms with Crippen molar-refractivity contribution in [1.29, 1.82) is 0 Å². The molecule has 0 fully saturated rings. The molecule has 2 heterocycles. The fourth-order valence-electron chi connectivity index (χ4n) is 4.47. The van der Waals surface area contributed by atoms with E-state index in [9.17, 15) is 25.9 Å². The summed E-state index contributed by atoms with van der Waals surface area (Å²) in [6.07, 6.45) is 3.99. The van der Waals surface area contributed by atoms with Crippen LogP contribution in [0.15, 0.2) is 83.1 Å². The summed E-state index contributed by atoms with van der Waals surface area (Å²) in [7, 11) is -8.77. The maximum atomic E-state index is 12.0. The minimum absolute atomic E-state index is 0.201. The van der Waals surface area contributed by atoms with Crippen LogP contribution < -0.4 is 14.5 Å². The average molecular weight is 595 g/mol. The second-order valence-electron chi connectivity index (χ2n) is 8.75. The number of halogens is 1. The summed E-state index contributed by atoms with van der Waals surface area (Å²) in [6.45, 7) is 1.89. The Hall–Kier alpha value is -2.74. The van der Waals surface area contributed by atoms with Crippen molar-refractivity contribution in [3.05, 3.63) is 83.2 Å². The van der Waals surface area contributed by atoms with Crippen molar-refractivity contribution >= 4 is 65.7 Å². The van der Waals surface area contributed by atoms with Gasteiger partial charge in [0.05, 0.1) is 16.7 Å². The van der Waals surface area contributed by atoms with Crippen LogP contribution in [0.25, 0.3) is 10.8 Å². The predicted octanol–water partition coefficient (Wildman–Crippen LogP) is 5.50. The molecule has 3 aromatic carbocycles. The molecule has 13 heteroatoms. The molecule has 5 rings (SSSR count). The van der Waals surface area contributed by atoms with Crippen LogP contribution in [-0.4, -0.2) is 43.1 Å². The Morgan fingerprint density at radius 2 is 1.79 bits per heavy atom. The molecule has 2 aliphatic rings. The van der Waals surface area contributed by atoms with Crippen LogP contribution in [-0.2, 0) is 20.2 Å². The van der Waals surface area contributed by atoms with Crippen molar-refractivity contribution in [2.75, 3.05) is 21.6 Å². The number of nitrogens with zero attached hydrogens (tertiary/aromatic N) is 2. The zero-order chi connectivity index (χ0) is 27.2. The lowest BCUT2D eigenvalue weighted by molar-refractivity contribution is 0.436. The van der Waals surface area contributed by atoms with Gasteiger partial charge < -0.3 is 9.64 Å². The SMILES string of the molecule is CCC(/C=C1\Oc2ccc3ccccc3c2N1CS(=O)(=O)O)=C\C1Sc2ccc(Cl)cc2N1CS(=O)(=O)O. The third-order valence-electron chi connectivity index (χ3n) is 6.07. The fraction of sp³-hybridized carbons (Fsp3) is 0.200. The molecule has 38 heavy (non-hydrogen) atoms. The summed E-state index contributed by atoms with van der Waals surface area (Å²) >= 11 is 7.54. The number of hydrogen-bond acceptors (Lipinski definition) is 8. The molecule has 200 valence electrons. The Bertz CT molecular complexity index is 1710. The summed E-state index contributed by atoms with van der Waals surface area (Å²) in [5, 5.41) is 1.56. The Balaban J connectivity index is 1.56. The molecule has 0 saturated heterocycles. The highest BCUT2D eigenvalue weighted by molar-refractivity contribution is 8.00. The largest absolute Gasteiger partial charge is 0.439 e. The molecule has 1 atom stereocenters. The first-order chi connectivity index (χ1) is 17.9. The molecule has 0 radical (unpaired) electrons. The van der Waals surface area contributed by atoms with Crippen molar-refractivity contribution in [3.8, 4) is 5.75 Å². The molecule has 2 N–H and O–H groups in total. The molecule has 0 saturated carbocycles. The number of fused-ring (bicyclic) bond motifs is 4. The van der Waals surface area contributed by atoms with Crippen LogP contribution in [0.4, 0.5) is 11.4 Å². The lowest BCUT2D eigenvalue weighted by atomic mass is 10.1. The lowest BCUT2D eigenvalue weighted by Crippen LogP contribution is -2.33. The minimum Gasteiger partial charge on any atom is -0.439 e. The van der Waals surface area contributed by atoms with Gasteiger partial charge in [0.25, 0.3) is 20.2 Å². The van der Waals surface area contributed by atoms with E-state index < -0.39 is 37.4 Å². The van der Waals surface area contributed by atoms with Gasteiger partial charge in [-0.25, -0.2) is 0 Å². The second kappa shape index (κ2) is 10.1. The number of ether oxygens (including phenoxy) is 1. The highest BCUT2D eigenvalue weighted by Crippen LogP contribution is 2.47. The highest BCUT2D eigenvalue weighted by atomic mass is 35.5. The van der Waals surface area contributed by atoms with Gasteiger partial charge in [-0.05, 0) is 47.7 Å². The zero-order valence-corrected chi connectivity index (χ0v) is 23.2. The van der Waals surface area contributed by atoms with E-state index in [4.69, 9.17) is 16.3 Å². The topological polar surface area (TPSA) is 124 Å². The Morgan fingerprint density at radius 3 is 2.50 bits per heavy atom. The van der Waals surface area contributed by atoms with Gasteiger partial charge in [-0.2, -0.15) is 16.8 Å². The maximum Gasteiger partial charge on any atom is 0.283 e. The van der Waals surface area contributed by atoms with Crippen molar-refractivity contribution in [1.82, 2.24) is 0 Å². The number of allylic oxidation sites excluding steroid dienone is 2. The number of hydrogen-bond donors (Lipinski definition) is 2. The Morgan fingerprint density at radius 1 is 1.05 bits per heavy atom. The smallest absolute Gasteiger partial charge is 0.283 e. The van der Waals surface area contributed by atoms with Gasteiger partial charge in [0.2, 0.25) is 5.88 Å². The fourth-order valence-corrected chi connectivity index (χ4v) is 7.23. The van der Waals surface area contributed by atoms with E-state index in [0.717, 1.165) is 15.7 Å². The van der Waals surface area contributed by atoms with Crippen LogP contribution >= 0.6 is 23.4 Å². The molecule has 0 aromatic heterocycles. The van der Waals surface area contributed by atoms with E-state index in [0.29, 0.717) is 34.1 Å². The number of rotatable bonds is 7. The predicted molar refractivity (Wildman–Crippen MR) is 150 cm³/mol. The molecule has 9 nitrogen and oxygen atoms in total. The Labute approximate surface area is 229 Å². The van der Waals surface area contributed by atoms with E-state index in [1.165, 1.54) is 21.6 Å². The van der Waals surface area contributed by atoms with E-state index in [1.54, 1.807) is 30.3 Å². The highest BCUT2D eigenvalue weighted by Gasteiger charge is 2.34. The number of benzene rings is 3. The van der Waals surface area contributed by atoms with Gasteiger partial charge in [-0.15, -0.1) is 0 Å². The van der Waals surface area contributed by atoms with Crippen molar-refractivity contribution in [2.24, 2.45) is 0 Å². The minimum atomic E-state index is -4.42. The van der Waals surface area contributed by atoms with E-state index in [-0.39, 0.29) is 5.88 Å². The van der Waals surface area contributed by atoms with E-state index in [2.05, 4.69) is 0 Å². The van der Waals surface area contributed by atoms with Crippen molar-refractivity contribution < 1.29 is 30.7 Å². The number of thioether (sulfide) groups is 1. The van der Waals surface area contributed by atoms with Gasteiger partial charge in [-0.1, -0.05) is 60.6 Å². The quantitative estimate of drug-likeness (QED) is 0.339. The summed E-state index contributed by atoms with van der Waals surface area (Å²) in [5.74, 6) is -0.704. The molecule has 0 spiro atoms. The van der Waals surface area contributed by atoms with E-state index in [1.807, 2.05) is 43.3 Å². The lowest BCUT2D eigenvalue weighted by Gasteiger charge is -2.24. The normalized spacial score (nSPS) is 18.7. The molecule has 3 aromatic rings. The maximum absolute atomic E-state index is 12.0. The third-order valence-corrected chi connectivity index (χ3v) is 8.72. The molecule has 2 aliphatic heterocycles. The van der Waals surface area contributed by atoms with Gasteiger partial charge >= 0.3 is 0 Å². The second-order valence-corrected chi connectivity index (χ2v) is 13.2. The van der Waals surface area contributed by atoms with Crippen LogP contribution in [0.2, 0.25) is 5.02 Å². The van der Waals surface area contributed by atoms with Crippen LogP contribution in [0.5, 0.6) is 5.75 Å². The van der Waals surface area contributed by atoms with E-state index >= 15 is 0 Å². The molecule has 0 bridgehead atoms. The third kappa shape index (κ3) is 5.65. The summed E-state index contributed by atoms with van der Waals surface area (Å²) in [6, 6.07) is 16.2. The zero-order valence-electron chi connectivity index (χ0n) is 20.0. The van der Waals surface area contributed by atoms with Crippen LogP contribution in [0, 0.1) is 0 Å². The van der Waals surface area contributed by atoms with Crippen LogP contribution in [0.1, 0.15) is 13.3 Å². The van der Waals surface area contributed by atoms with Gasteiger partial charge in [0, 0.05) is 21.4 Å². The first kappa shape index (κ1) is 26.9. The molecular weight excluding hydrogens is 572 g/mol. The Kier molecular flexibility index (Phi) is 7.14. The summed E-state index contributed by atoms with van der Waals surface area (Å²) < 4.78 is 72.9.